The van der Waals surface area contributed by atoms with E-state index in [1.165, 1.54) is 7.11 Å². The highest BCUT2D eigenvalue weighted by molar-refractivity contribution is 6.32. The third kappa shape index (κ3) is 4.60. The molecule has 10 heteroatoms. The maximum Gasteiger partial charge on any atom is 0.155 e. The summed E-state index contributed by atoms with van der Waals surface area (Å²) in [6, 6.07) is 9.19. The van der Waals surface area contributed by atoms with E-state index in [4.69, 9.17) is 32.7 Å². The summed E-state index contributed by atoms with van der Waals surface area (Å²) in [7, 11) is 1.50. The van der Waals surface area contributed by atoms with Crippen LogP contribution in [0.25, 0.3) is 22.6 Å². The molecule has 31 heavy (non-hydrogen) atoms. The monoisotopic (exact) mass is 462 g/mol. The fourth-order valence-electron chi connectivity index (χ4n) is 2.85. The molecule has 158 valence electrons. The van der Waals surface area contributed by atoms with E-state index < -0.39 is 11.6 Å². The van der Waals surface area contributed by atoms with E-state index in [0.717, 1.165) is 12.3 Å². The molecule has 0 radical (unpaired) electrons. The summed E-state index contributed by atoms with van der Waals surface area (Å²) < 4.78 is 37.8. The molecule has 0 aliphatic rings. The van der Waals surface area contributed by atoms with Crippen LogP contribution >= 0.6 is 23.2 Å². The number of hydrogen-bond donors (Lipinski definition) is 1. The van der Waals surface area contributed by atoms with Gasteiger partial charge in [0.2, 0.25) is 0 Å². The highest BCUT2D eigenvalue weighted by Gasteiger charge is 2.17. The molecule has 1 N–H and O–H groups in total. The minimum absolute atomic E-state index is 0.0118. The molecule has 0 atom stereocenters. The minimum Gasteiger partial charge on any atom is -0.496 e. The van der Waals surface area contributed by atoms with Crippen LogP contribution in [0.4, 0.5) is 8.78 Å². The summed E-state index contributed by atoms with van der Waals surface area (Å²) in [6.45, 7) is -0.173. The standard InChI is InChI=1S/C21H14Cl2F2N4O2/c1-30-17-7-13(31-10-16-15(25)6-12(24)9-26-16)3-4-14(17)19-20(23)29-21(28-19)11-2-5-18(22)27-8-11/h2-9H,10H2,1H3,(H,28,29). The zero-order valence-electron chi connectivity index (χ0n) is 16.0. The third-order valence-corrected chi connectivity index (χ3v) is 4.86. The van der Waals surface area contributed by atoms with E-state index in [9.17, 15) is 8.78 Å². The Hall–Kier alpha value is -3.23. The number of aromatic nitrogens is 4. The van der Waals surface area contributed by atoms with Gasteiger partial charge in [-0.1, -0.05) is 23.2 Å². The average Bonchev–Trinajstić information content (AvgIpc) is 3.14. The van der Waals surface area contributed by atoms with Gasteiger partial charge in [-0.3, -0.25) is 4.98 Å². The first-order valence-electron chi connectivity index (χ1n) is 8.93. The Morgan fingerprint density at radius 3 is 2.58 bits per heavy atom. The van der Waals surface area contributed by atoms with E-state index >= 15 is 0 Å². The molecule has 4 rings (SSSR count). The maximum atomic E-state index is 13.7. The number of rotatable bonds is 6. The molecule has 6 nitrogen and oxygen atoms in total. The largest absolute Gasteiger partial charge is 0.496 e. The molecule has 0 fully saturated rings. The predicted octanol–water partition coefficient (Wildman–Crippen LogP) is 5.71. The molecule has 0 aliphatic heterocycles. The molecular weight excluding hydrogens is 449 g/mol. The van der Waals surface area contributed by atoms with E-state index in [-0.39, 0.29) is 17.5 Å². The quantitative estimate of drug-likeness (QED) is 0.371. The lowest BCUT2D eigenvalue weighted by atomic mass is 10.1. The Labute approximate surface area is 185 Å². The second-order valence-electron chi connectivity index (χ2n) is 6.35. The number of halogens is 4. The van der Waals surface area contributed by atoms with Crippen molar-refractivity contribution < 1.29 is 18.3 Å². The number of H-pyrrole nitrogens is 1. The van der Waals surface area contributed by atoms with E-state index in [2.05, 4.69) is 19.9 Å². The van der Waals surface area contributed by atoms with E-state index in [0.29, 0.717) is 39.3 Å². The van der Waals surface area contributed by atoms with Crippen molar-refractivity contribution in [1.29, 1.82) is 0 Å². The van der Waals surface area contributed by atoms with Crippen molar-refractivity contribution in [2.24, 2.45) is 0 Å². The smallest absolute Gasteiger partial charge is 0.155 e. The van der Waals surface area contributed by atoms with Gasteiger partial charge in [-0.25, -0.2) is 18.7 Å². The number of nitrogens with zero attached hydrogens (tertiary/aromatic N) is 3. The van der Waals surface area contributed by atoms with Crippen LogP contribution in [0.2, 0.25) is 10.3 Å². The van der Waals surface area contributed by atoms with Crippen LogP contribution in [-0.4, -0.2) is 27.0 Å². The van der Waals surface area contributed by atoms with Crippen molar-refractivity contribution >= 4 is 23.2 Å². The SMILES string of the molecule is COc1cc(OCc2ncc(F)cc2F)ccc1-c1[nH]c(-c2ccc(Cl)nc2)nc1Cl. The minimum atomic E-state index is -0.781. The highest BCUT2D eigenvalue weighted by Crippen LogP contribution is 2.37. The molecule has 0 amide bonds. The molecule has 4 aromatic rings. The van der Waals surface area contributed by atoms with E-state index in [1.807, 2.05) is 0 Å². The van der Waals surface area contributed by atoms with Gasteiger partial charge < -0.3 is 14.5 Å². The van der Waals surface area contributed by atoms with Gasteiger partial charge in [-0.05, 0) is 24.3 Å². The Kier molecular flexibility index (Phi) is 6.01. The number of hydrogen-bond acceptors (Lipinski definition) is 5. The molecule has 3 aromatic heterocycles. The fraction of sp³-hybridized carbons (Fsp3) is 0.0952. The second-order valence-corrected chi connectivity index (χ2v) is 7.10. The van der Waals surface area contributed by atoms with Gasteiger partial charge >= 0.3 is 0 Å². The molecule has 3 heterocycles. The summed E-state index contributed by atoms with van der Waals surface area (Å²) in [4.78, 5) is 15.2. The number of pyridine rings is 2. The topological polar surface area (TPSA) is 72.9 Å². The van der Waals surface area contributed by atoms with Crippen LogP contribution in [0, 0.1) is 11.6 Å². The number of nitrogens with one attached hydrogen (secondary N) is 1. The van der Waals surface area contributed by atoms with Gasteiger partial charge in [0.05, 0.1) is 19.0 Å². The molecule has 0 spiro atoms. The van der Waals surface area contributed by atoms with Crippen molar-refractivity contribution in [2.45, 2.75) is 6.61 Å². The molecule has 0 saturated carbocycles. The molecule has 0 aliphatic carbocycles. The van der Waals surface area contributed by atoms with Gasteiger partial charge in [-0.15, -0.1) is 0 Å². The summed E-state index contributed by atoms with van der Waals surface area (Å²) in [6.07, 6.45) is 2.51. The van der Waals surface area contributed by atoms with Crippen LogP contribution in [-0.2, 0) is 6.61 Å². The van der Waals surface area contributed by atoms with Gasteiger partial charge in [0, 0.05) is 29.5 Å². The van der Waals surface area contributed by atoms with Gasteiger partial charge in [0.15, 0.2) is 11.0 Å². The Bertz CT molecular complexity index is 1230. The summed E-state index contributed by atoms with van der Waals surface area (Å²) in [5, 5.41) is 0.615. The van der Waals surface area contributed by atoms with Crippen LogP contribution in [0.1, 0.15) is 5.69 Å². The summed E-state index contributed by atoms with van der Waals surface area (Å²) in [5.41, 5.74) is 1.89. The predicted molar refractivity (Wildman–Crippen MR) is 112 cm³/mol. The molecule has 1 aromatic carbocycles. The Morgan fingerprint density at radius 1 is 1.03 bits per heavy atom. The van der Waals surface area contributed by atoms with Crippen molar-refractivity contribution in [2.75, 3.05) is 7.11 Å². The van der Waals surface area contributed by atoms with Gasteiger partial charge in [0.1, 0.15) is 40.6 Å². The highest BCUT2D eigenvalue weighted by atomic mass is 35.5. The van der Waals surface area contributed by atoms with Crippen molar-refractivity contribution in [3.05, 3.63) is 76.4 Å². The average molecular weight is 463 g/mol. The first-order chi connectivity index (χ1) is 14.9. The van der Waals surface area contributed by atoms with Crippen LogP contribution in [0.3, 0.4) is 0 Å². The zero-order chi connectivity index (χ0) is 22.0. The van der Waals surface area contributed by atoms with Crippen molar-refractivity contribution in [1.82, 2.24) is 19.9 Å². The van der Waals surface area contributed by atoms with Crippen LogP contribution < -0.4 is 9.47 Å². The molecule has 0 unspecified atom stereocenters. The third-order valence-electron chi connectivity index (χ3n) is 4.36. The lowest BCUT2D eigenvalue weighted by Gasteiger charge is -2.11. The van der Waals surface area contributed by atoms with Gasteiger partial charge in [-0.2, -0.15) is 0 Å². The first-order valence-corrected chi connectivity index (χ1v) is 9.68. The fourth-order valence-corrected chi connectivity index (χ4v) is 3.20. The number of ether oxygens (including phenoxy) is 2. The van der Waals surface area contributed by atoms with Crippen LogP contribution in [0.15, 0.2) is 48.8 Å². The van der Waals surface area contributed by atoms with Gasteiger partial charge in [0.25, 0.3) is 0 Å². The maximum absolute atomic E-state index is 13.7. The Balaban J connectivity index is 1.59. The lowest BCUT2D eigenvalue weighted by Crippen LogP contribution is -2.02. The number of aromatic amines is 1. The number of methoxy groups -OCH3 is 1. The van der Waals surface area contributed by atoms with Crippen molar-refractivity contribution in [3.8, 4) is 34.1 Å². The number of imidazole rings is 1. The molecule has 0 bridgehead atoms. The number of benzene rings is 1. The zero-order valence-corrected chi connectivity index (χ0v) is 17.5. The molecule has 0 saturated heterocycles. The van der Waals surface area contributed by atoms with Crippen LogP contribution in [0.5, 0.6) is 11.5 Å². The lowest BCUT2D eigenvalue weighted by molar-refractivity contribution is 0.291. The molecular formula is C21H14Cl2F2N4O2. The summed E-state index contributed by atoms with van der Waals surface area (Å²) in [5.74, 6) is -0.154. The second kappa shape index (κ2) is 8.87. The first kappa shape index (κ1) is 21.0. The normalized spacial score (nSPS) is 10.9. The van der Waals surface area contributed by atoms with Crippen molar-refractivity contribution in [3.63, 3.8) is 0 Å². The Morgan fingerprint density at radius 2 is 1.87 bits per heavy atom. The van der Waals surface area contributed by atoms with E-state index in [1.54, 1.807) is 36.5 Å². The summed E-state index contributed by atoms with van der Waals surface area (Å²) >= 11 is 12.2.